The zero-order chi connectivity index (χ0) is 14.5. The van der Waals surface area contributed by atoms with E-state index in [9.17, 15) is 0 Å². The minimum atomic E-state index is 0.367. The number of ether oxygens (including phenoxy) is 1. The molecular formula is C18H28N2O. The van der Waals surface area contributed by atoms with Crippen molar-refractivity contribution < 1.29 is 4.74 Å². The van der Waals surface area contributed by atoms with Crippen molar-refractivity contribution in [1.82, 2.24) is 10.2 Å². The molecule has 1 saturated heterocycles. The summed E-state index contributed by atoms with van der Waals surface area (Å²) in [5.41, 5.74) is 2.84. The highest BCUT2D eigenvalue weighted by Crippen LogP contribution is 2.18. The van der Waals surface area contributed by atoms with Gasteiger partial charge in [-0.3, -0.25) is 4.90 Å². The van der Waals surface area contributed by atoms with E-state index in [0.717, 1.165) is 38.8 Å². The summed E-state index contributed by atoms with van der Waals surface area (Å²) in [7, 11) is 0. The predicted molar refractivity (Wildman–Crippen MR) is 86.2 cm³/mol. The van der Waals surface area contributed by atoms with Gasteiger partial charge in [-0.25, -0.2) is 0 Å². The molecule has 0 bridgehead atoms. The first-order chi connectivity index (χ1) is 10.3. The van der Waals surface area contributed by atoms with Crippen molar-refractivity contribution in [2.24, 2.45) is 0 Å². The van der Waals surface area contributed by atoms with Crippen molar-refractivity contribution >= 4 is 0 Å². The summed E-state index contributed by atoms with van der Waals surface area (Å²) < 4.78 is 5.61. The maximum absolute atomic E-state index is 5.61. The third-order valence-electron chi connectivity index (χ3n) is 4.67. The smallest absolute Gasteiger partial charge is 0.0674 e. The zero-order valence-corrected chi connectivity index (χ0v) is 13.2. The normalized spacial score (nSPS) is 24.5. The third-order valence-corrected chi connectivity index (χ3v) is 4.67. The van der Waals surface area contributed by atoms with Gasteiger partial charge in [0.2, 0.25) is 0 Å². The van der Waals surface area contributed by atoms with Crippen LogP contribution in [0, 0.1) is 0 Å². The first kappa shape index (κ1) is 15.0. The molecule has 0 aromatic heterocycles. The SMILES string of the molecule is C[C@H]1CN(Cc2cccc(CNC3CCCC3)c2)CCO1. The van der Waals surface area contributed by atoms with Gasteiger partial charge in [0.25, 0.3) is 0 Å². The van der Waals surface area contributed by atoms with Gasteiger partial charge < -0.3 is 10.1 Å². The molecule has 1 aliphatic heterocycles. The lowest BCUT2D eigenvalue weighted by Gasteiger charge is -2.31. The largest absolute Gasteiger partial charge is 0.376 e. The average molecular weight is 288 g/mol. The van der Waals surface area contributed by atoms with E-state index in [0.29, 0.717) is 6.10 Å². The molecule has 0 amide bonds. The summed E-state index contributed by atoms with van der Waals surface area (Å²) in [6.07, 6.45) is 5.86. The van der Waals surface area contributed by atoms with Gasteiger partial charge in [0, 0.05) is 32.2 Å². The Hall–Kier alpha value is -0.900. The Bertz CT molecular complexity index is 443. The standard InChI is InChI=1S/C18H28N2O/c1-15-13-20(9-10-21-15)14-17-6-4-5-16(11-17)12-19-18-7-2-3-8-18/h4-6,11,15,18-19H,2-3,7-10,12-14H2,1H3/t15-/m0/s1. The highest BCUT2D eigenvalue weighted by Gasteiger charge is 2.17. The van der Waals surface area contributed by atoms with Crippen LogP contribution in [-0.2, 0) is 17.8 Å². The number of morpholine rings is 1. The van der Waals surface area contributed by atoms with E-state index in [1.54, 1.807) is 0 Å². The number of benzene rings is 1. The Morgan fingerprint density at radius 3 is 2.86 bits per heavy atom. The van der Waals surface area contributed by atoms with Crippen molar-refractivity contribution in [2.75, 3.05) is 19.7 Å². The third kappa shape index (κ3) is 4.53. The second-order valence-electron chi connectivity index (χ2n) is 6.60. The molecule has 1 aromatic rings. The van der Waals surface area contributed by atoms with E-state index in [2.05, 4.69) is 41.4 Å². The van der Waals surface area contributed by atoms with Gasteiger partial charge in [0.1, 0.15) is 0 Å². The summed E-state index contributed by atoms with van der Waals surface area (Å²) in [4.78, 5) is 2.50. The first-order valence-electron chi connectivity index (χ1n) is 8.45. The van der Waals surface area contributed by atoms with E-state index >= 15 is 0 Å². The number of nitrogens with zero attached hydrogens (tertiary/aromatic N) is 1. The summed E-state index contributed by atoms with van der Waals surface area (Å²) in [6.45, 7) is 7.18. The van der Waals surface area contributed by atoms with Crippen LogP contribution in [0.1, 0.15) is 43.7 Å². The van der Waals surface area contributed by atoms with Crippen molar-refractivity contribution in [3.63, 3.8) is 0 Å². The summed E-state index contributed by atoms with van der Waals surface area (Å²) in [5.74, 6) is 0. The van der Waals surface area contributed by atoms with Crippen molar-refractivity contribution in [3.8, 4) is 0 Å². The number of hydrogen-bond acceptors (Lipinski definition) is 3. The minimum absolute atomic E-state index is 0.367. The molecule has 0 radical (unpaired) electrons. The van der Waals surface area contributed by atoms with E-state index in [-0.39, 0.29) is 0 Å². The molecule has 1 saturated carbocycles. The fourth-order valence-corrected chi connectivity index (χ4v) is 3.52. The summed E-state index contributed by atoms with van der Waals surface area (Å²) >= 11 is 0. The highest BCUT2D eigenvalue weighted by molar-refractivity contribution is 5.23. The monoisotopic (exact) mass is 288 g/mol. The Kier molecular flexibility index (Phi) is 5.28. The topological polar surface area (TPSA) is 24.5 Å². The molecule has 116 valence electrons. The van der Waals surface area contributed by atoms with Gasteiger partial charge in [-0.1, -0.05) is 37.1 Å². The molecule has 1 aromatic carbocycles. The Morgan fingerprint density at radius 1 is 1.24 bits per heavy atom. The van der Waals surface area contributed by atoms with Crippen molar-refractivity contribution in [3.05, 3.63) is 35.4 Å². The molecule has 3 rings (SSSR count). The van der Waals surface area contributed by atoms with Crippen LogP contribution in [0.25, 0.3) is 0 Å². The van der Waals surface area contributed by atoms with E-state index in [1.165, 1.54) is 36.8 Å². The molecule has 0 unspecified atom stereocenters. The molecule has 1 heterocycles. The molecule has 1 aliphatic carbocycles. The Morgan fingerprint density at radius 2 is 2.05 bits per heavy atom. The van der Waals surface area contributed by atoms with Crippen LogP contribution < -0.4 is 5.32 Å². The molecule has 2 fully saturated rings. The molecule has 2 aliphatic rings. The van der Waals surface area contributed by atoms with E-state index < -0.39 is 0 Å². The van der Waals surface area contributed by atoms with Crippen LogP contribution in [0.3, 0.4) is 0 Å². The minimum Gasteiger partial charge on any atom is -0.376 e. The van der Waals surface area contributed by atoms with Gasteiger partial charge in [-0.15, -0.1) is 0 Å². The van der Waals surface area contributed by atoms with Gasteiger partial charge in [0.15, 0.2) is 0 Å². The predicted octanol–water partition coefficient (Wildman–Crippen LogP) is 2.94. The van der Waals surface area contributed by atoms with Gasteiger partial charge in [-0.05, 0) is 30.9 Å². The molecule has 0 spiro atoms. The van der Waals surface area contributed by atoms with E-state index in [1.807, 2.05) is 0 Å². The van der Waals surface area contributed by atoms with Crippen LogP contribution >= 0.6 is 0 Å². The number of nitrogens with one attached hydrogen (secondary N) is 1. The van der Waals surface area contributed by atoms with E-state index in [4.69, 9.17) is 4.74 Å². The van der Waals surface area contributed by atoms with Crippen LogP contribution in [0.5, 0.6) is 0 Å². The lowest BCUT2D eigenvalue weighted by Crippen LogP contribution is -2.40. The molecule has 3 heteroatoms. The second kappa shape index (κ2) is 7.39. The zero-order valence-electron chi connectivity index (χ0n) is 13.2. The molecule has 21 heavy (non-hydrogen) atoms. The van der Waals surface area contributed by atoms with Gasteiger partial charge in [-0.2, -0.15) is 0 Å². The molecular weight excluding hydrogens is 260 g/mol. The number of rotatable bonds is 5. The quantitative estimate of drug-likeness (QED) is 0.901. The lowest BCUT2D eigenvalue weighted by molar-refractivity contribution is -0.0212. The highest BCUT2D eigenvalue weighted by atomic mass is 16.5. The van der Waals surface area contributed by atoms with Crippen LogP contribution in [-0.4, -0.2) is 36.7 Å². The number of hydrogen-bond donors (Lipinski definition) is 1. The summed E-state index contributed by atoms with van der Waals surface area (Å²) in [5, 5.41) is 3.70. The second-order valence-corrected chi connectivity index (χ2v) is 6.60. The fourth-order valence-electron chi connectivity index (χ4n) is 3.52. The first-order valence-corrected chi connectivity index (χ1v) is 8.45. The molecule has 3 nitrogen and oxygen atoms in total. The summed E-state index contributed by atoms with van der Waals surface area (Å²) in [6, 6.07) is 9.80. The van der Waals surface area contributed by atoms with Gasteiger partial charge in [0.05, 0.1) is 12.7 Å². The van der Waals surface area contributed by atoms with Gasteiger partial charge >= 0.3 is 0 Å². The average Bonchev–Trinajstić information content (AvgIpc) is 2.99. The van der Waals surface area contributed by atoms with Crippen LogP contribution in [0.2, 0.25) is 0 Å². The fraction of sp³-hybridized carbons (Fsp3) is 0.667. The van der Waals surface area contributed by atoms with Crippen LogP contribution in [0.15, 0.2) is 24.3 Å². The Labute approximate surface area is 128 Å². The van der Waals surface area contributed by atoms with Crippen LogP contribution in [0.4, 0.5) is 0 Å². The Balaban J connectivity index is 1.52. The van der Waals surface area contributed by atoms with Crippen molar-refractivity contribution in [2.45, 2.75) is 57.8 Å². The molecule has 1 atom stereocenters. The lowest BCUT2D eigenvalue weighted by atomic mass is 10.1. The maximum atomic E-state index is 5.61. The maximum Gasteiger partial charge on any atom is 0.0674 e. The molecule has 1 N–H and O–H groups in total. The van der Waals surface area contributed by atoms with Crippen molar-refractivity contribution in [1.29, 1.82) is 0 Å².